The zero-order chi connectivity index (χ0) is 18.1. The van der Waals surface area contributed by atoms with Crippen LogP contribution in [0.4, 0.5) is 5.82 Å². The summed E-state index contributed by atoms with van der Waals surface area (Å²) in [5.41, 5.74) is 3.57. The molecule has 1 N–H and O–H groups in total. The van der Waals surface area contributed by atoms with Crippen LogP contribution in [0.25, 0.3) is 16.9 Å². The summed E-state index contributed by atoms with van der Waals surface area (Å²) in [6.45, 7) is 2.07. The minimum absolute atomic E-state index is 0.0966. The van der Waals surface area contributed by atoms with E-state index in [2.05, 4.69) is 18.4 Å². The molecule has 0 fully saturated rings. The van der Waals surface area contributed by atoms with Gasteiger partial charge >= 0.3 is 0 Å². The van der Waals surface area contributed by atoms with E-state index < -0.39 is 0 Å². The van der Waals surface area contributed by atoms with Gasteiger partial charge in [-0.15, -0.1) is 11.3 Å². The molecule has 26 heavy (non-hydrogen) atoms. The molecular weight excluding hydrogens is 346 g/mol. The molecule has 0 saturated heterocycles. The SMILES string of the molecule is COc1cc(-c2nc3ccccn3c2N=Cc2sccc2C)ccc1O. The van der Waals surface area contributed by atoms with Crippen LogP contribution in [-0.4, -0.2) is 27.8 Å². The number of methoxy groups -OCH3 is 1. The quantitative estimate of drug-likeness (QED) is 0.528. The summed E-state index contributed by atoms with van der Waals surface area (Å²) in [4.78, 5) is 10.6. The summed E-state index contributed by atoms with van der Waals surface area (Å²) in [5.74, 6) is 1.24. The van der Waals surface area contributed by atoms with Gasteiger partial charge in [0.25, 0.3) is 0 Å². The third kappa shape index (κ3) is 2.84. The van der Waals surface area contributed by atoms with Crippen molar-refractivity contribution >= 4 is 29.0 Å². The highest BCUT2D eigenvalue weighted by atomic mass is 32.1. The van der Waals surface area contributed by atoms with Gasteiger partial charge in [0.1, 0.15) is 11.3 Å². The lowest BCUT2D eigenvalue weighted by atomic mass is 10.1. The fourth-order valence-corrected chi connectivity index (χ4v) is 3.55. The number of phenols is 1. The van der Waals surface area contributed by atoms with Gasteiger partial charge in [0, 0.05) is 22.9 Å². The number of phenolic OH excluding ortho intramolecular Hbond substituents is 1. The predicted octanol–water partition coefficient (Wildman–Crippen LogP) is 4.84. The van der Waals surface area contributed by atoms with Gasteiger partial charge in [-0.2, -0.15) is 0 Å². The van der Waals surface area contributed by atoms with Crippen LogP contribution in [0.15, 0.2) is 59.0 Å². The Bertz CT molecular complexity index is 1110. The second-order valence-corrected chi connectivity index (χ2v) is 6.77. The molecule has 3 heterocycles. The monoisotopic (exact) mass is 363 g/mol. The highest BCUT2D eigenvalue weighted by Crippen LogP contribution is 2.36. The van der Waals surface area contributed by atoms with Crippen LogP contribution < -0.4 is 4.74 Å². The first-order chi connectivity index (χ1) is 12.7. The Balaban J connectivity index is 1.89. The van der Waals surface area contributed by atoms with Crippen LogP contribution in [-0.2, 0) is 0 Å². The van der Waals surface area contributed by atoms with Crippen molar-refractivity contribution in [3.05, 3.63) is 64.5 Å². The number of benzene rings is 1. The topological polar surface area (TPSA) is 59.1 Å². The number of thiophene rings is 1. The number of aryl methyl sites for hydroxylation is 1. The molecule has 4 aromatic rings. The number of nitrogens with zero attached hydrogens (tertiary/aromatic N) is 3. The molecule has 3 aromatic heterocycles. The average Bonchev–Trinajstić information content (AvgIpc) is 3.23. The van der Waals surface area contributed by atoms with Crippen LogP contribution in [0.5, 0.6) is 11.5 Å². The maximum Gasteiger partial charge on any atom is 0.165 e. The fourth-order valence-electron chi connectivity index (χ4n) is 2.76. The van der Waals surface area contributed by atoms with Crippen LogP contribution in [0.1, 0.15) is 10.4 Å². The van der Waals surface area contributed by atoms with Crippen molar-refractivity contribution in [1.82, 2.24) is 9.38 Å². The minimum atomic E-state index is 0.0966. The normalized spacial score (nSPS) is 11.5. The van der Waals surface area contributed by atoms with Crippen molar-refractivity contribution < 1.29 is 9.84 Å². The van der Waals surface area contributed by atoms with Gasteiger partial charge in [-0.25, -0.2) is 9.98 Å². The lowest BCUT2D eigenvalue weighted by molar-refractivity contribution is 0.373. The molecule has 0 aliphatic heterocycles. The van der Waals surface area contributed by atoms with Gasteiger partial charge in [-0.05, 0) is 54.3 Å². The zero-order valence-corrected chi connectivity index (χ0v) is 15.2. The van der Waals surface area contributed by atoms with Crippen LogP contribution >= 0.6 is 11.3 Å². The summed E-state index contributed by atoms with van der Waals surface area (Å²) < 4.78 is 7.19. The van der Waals surface area contributed by atoms with E-state index >= 15 is 0 Å². The van der Waals surface area contributed by atoms with E-state index in [0.29, 0.717) is 5.75 Å². The highest BCUT2D eigenvalue weighted by Gasteiger charge is 2.15. The molecule has 5 nitrogen and oxygen atoms in total. The standard InChI is InChI=1S/C20H17N3O2S/c1-13-8-10-26-17(13)12-21-20-19(22-18-5-3-4-9-23(18)20)14-6-7-15(24)16(11-14)25-2/h3-12,24H,1-2H3. The molecule has 6 heteroatoms. The molecule has 1 aromatic carbocycles. The Morgan fingerprint density at radius 1 is 1.23 bits per heavy atom. The molecule has 0 aliphatic rings. The first-order valence-corrected chi connectivity index (χ1v) is 8.98. The van der Waals surface area contributed by atoms with Gasteiger partial charge in [0.05, 0.1) is 7.11 Å². The third-order valence-electron chi connectivity index (χ3n) is 4.16. The van der Waals surface area contributed by atoms with Gasteiger partial charge in [-0.3, -0.25) is 4.40 Å². The third-order valence-corrected chi connectivity index (χ3v) is 5.12. The predicted molar refractivity (Wildman–Crippen MR) is 105 cm³/mol. The number of pyridine rings is 1. The van der Waals surface area contributed by atoms with E-state index in [4.69, 9.17) is 14.7 Å². The summed E-state index contributed by atoms with van der Waals surface area (Å²) >= 11 is 1.65. The van der Waals surface area contributed by atoms with Crippen molar-refractivity contribution in [2.24, 2.45) is 4.99 Å². The molecule has 130 valence electrons. The van der Waals surface area contributed by atoms with E-state index in [1.54, 1.807) is 23.5 Å². The van der Waals surface area contributed by atoms with Gasteiger partial charge in [0.15, 0.2) is 17.3 Å². The minimum Gasteiger partial charge on any atom is -0.504 e. The maximum absolute atomic E-state index is 9.87. The number of imidazole rings is 1. The van der Waals surface area contributed by atoms with Crippen molar-refractivity contribution in [3.63, 3.8) is 0 Å². The molecule has 0 atom stereocenters. The van der Waals surface area contributed by atoms with Crippen LogP contribution in [0.3, 0.4) is 0 Å². The summed E-state index contributed by atoms with van der Waals surface area (Å²) in [6, 6.07) is 13.1. The fraction of sp³-hybridized carbons (Fsp3) is 0.100. The lowest BCUT2D eigenvalue weighted by Gasteiger charge is -2.05. The Morgan fingerprint density at radius 2 is 2.12 bits per heavy atom. The summed E-state index contributed by atoms with van der Waals surface area (Å²) in [5, 5.41) is 11.9. The zero-order valence-electron chi connectivity index (χ0n) is 14.4. The van der Waals surface area contributed by atoms with Crippen molar-refractivity contribution in [3.8, 4) is 22.8 Å². The molecule has 0 spiro atoms. The first-order valence-electron chi connectivity index (χ1n) is 8.10. The lowest BCUT2D eigenvalue weighted by Crippen LogP contribution is -1.87. The number of hydrogen-bond donors (Lipinski definition) is 1. The number of aliphatic imine (C=N–C) groups is 1. The van der Waals surface area contributed by atoms with Crippen LogP contribution in [0.2, 0.25) is 0 Å². The number of ether oxygens (including phenoxy) is 1. The molecule has 0 saturated carbocycles. The molecule has 0 unspecified atom stereocenters. The van der Waals surface area contributed by atoms with Crippen molar-refractivity contribution in [1.29, 1.82) is 0 Å². The number of fused-ring (bicyclic) bond motifs is 1. The Hall–Kier alpha value is -3.12. The number of hydrogen-bond acceptors (Lipinski definition) is 5. The van der Waals surface area contributed by atoms with Crippen LogP contribution in [0, 0.1) is 6.92 Å². The molecule has 4 rings (SSSR count). The first kappa shape index (κ1) is 16.4. The van der Waals surface area contributed by atoms with E-state index in [0.717, 1.165) is 27.6 Å². The number of aromatic hydroxyl groups is 1. The summed E-state index contributed by atoms with van der Waals surface area (Å²) in [6.07, 6.45) is 3.81. The van der Waals surface area contributed by atoms with Crippen molar-refractivity contribution in [2.75, 3.05) is 7.11 Å². The summed E-state index contributed by atoms with van der Waals surface area (Å²) in [7, 11) is 1.53. The Morgan fingerprint density at radius 3 is 2.88 bits per heavy atom. The second-order valence-electron chi connectivity index (χ2n) is 5.83. The van der Waals surface area contributed by atoms with E-state index in [1.165, 1.54) is 12.7 Å². The van der Waals surface area contributed by atoms with Crippen molar-refractivity contribution in [2.45, 2.75) is 6.92 Å². The molecule has 0 amide bonds. The Labute approximate surface area is 154 Å². The van der Waals surface area contributed by atoms with Gasteiger partial charge in [0.2, 0.25) is 0 Å². The highest BCUT2D eigenvalue weighted by molar-refractivity contribution is 7.11. The Kier molecular flexibility index (Phi) is 4.18. The maximum atomic E-state index is 9.87. The van der Waals surface area contributed by atoms with E-state index in [1.807, 2.05) is 41.1 Å². The molecular formula is C20H17N3O2S. The number of aromatic nitrogens is 2. The molecule has 0 bridgehead atoms. The second kappa shape index (κ2) is 6.65. The largest absolute Gasteiger partial charge is 0.504 e. The van der Waals surface area contributed by atoms with E-state index in [9.17, 15) is 5.11 Å². The smallest absolute Gasteiger partial charge is 0.165 e. The number of rotatable bonds is 4. The average molecular weight is 363 g/mol. The van der Waals surface area contributed by atoms with Gasteiger partial charge in [-0.1, -0.05) is 6.07 Å². The molecule has 0 radical (unpaired) electrons. The van der Waals surface area contributed by atoms with E-state index in [-0.39, 0.29) is 5.75 Å². The molecule has 0 aliphatic carbocycles. The van der Waals surface area contributed by atoms with Gasteiger partial charge < -0.3 is 9.84 Å².